The molecule has 4 nitrogen and oxygen atoms in total. The third-order valence-electron chi connectivity index (χ3n) is 11.4. The third kappa shape index (κ3) is 4.60. The summed E-state index contributed by atoms with van der Waals surface area (Å²) in [7, 11) is 0. The van der Waals surface area contributed by atoms with Crippen LogP contribution < -0.4 is 0 Å². The lowest BCUT2D eigenvalue weighted by molar-refractivity contribution is 0.660. The third-order valence-corrected chi connectivity index (χ3v) is 11.4. The molecule has 2 aromatic heterocycles. The van der Waals surface area contributed by atoms with Crippen LogP contribution in [0, 0.1) is 0 Å². The molecule has 0 bridgehead atoms. The van der Waals surface area contributed by atoms with E-state index in [0.29, 0.717) is 17.5 Å². The summed E-state index contributed by atoms with van der Waals surface area (Å²) in [6.45, 7) is 9.23. The summed E-state index contributed by atoms with van der Waals surface area (Å²) < 4.78 is 0. The average Bonchev–Trinajstić information content (AvgIpc) is 3.56. The van der Waals surface area contributed by atoms with Crippen molar-refractivity contribution in [3.05, 3.63) is 168 Å². The molecular formula is C48H36N4. The van der Waals surface area contributed by atoms with Crippen LogP contribution >= 0.6 is 0 Å². The zero-order valence-corrected chi connectivity index (χ0v) is 29.6. The lowest BCUT2D eigenvalue weighted by Crippen LogP contribution is -2.15. The zero-order chi connectivity index (χ0) is 35.2. The molecule has 8 aromatic rings. The molecule has 0 N–H and O–H groups in total. The number of hydrogen-bond donors (Lipinski definition) is 0. The number of fused-ring (bicyclic) bond motifs is 7. The topological polar surface area (TPSA) is 51.6 Å². The van der Waals surface area contributed by atoms with Crippen molar-refractivity contribution in [3.63, 3.8) is 0 Å². The minimum absolute atomic E-state index is 0.131. The van der Waals surface area contributed by atoms with E-state index in [-0.39, 0.29) is 10.8 Å². The number of hydrogen-bond acceptors (Lipinski definition) is 4. The maximum absolute atomic E-state index is 5.21. The number of benzene rings is 6. The Bertz CT molecular complexity index is 2610. The van der Waals surface area contributed by atoms with Crippen molar-refractivity contribution in [2.75, 3.05) is 0 Å². The molecule has 0 atom stereocenters. The van der Waals surface area contributed by atoms with Gasteiger partial charge in [0.05, 0.1) is 5.69 Å². The Morgan fingerprint density at radius 3 is 1.35 bits per heavy atom. The van der Waals surface area contributed by atoms with Crippen LogP contribution in [-0.2, 0) is 10.8 Å². The monoisotopic (exact) mass is 668 g/mol. The van der Waals surface area contributed by atoms with Crippen LogP contribution in [0.1, 0.15) is 49.9 Å². The van der Waals surface area contributed by atoms with Crippen molar-refractivity contribution >= 4 is 10.8 Å². The zero-order valence-electron chi connectivity index (χ0n) is 29.6. The standard InChI is InChI=1S/C48H36N4/c1-47(2)39-15-9-7-13-35(39)37-23-21-32(25-41(37)47)45-50-44(30-19-17-29(18-20-30)43-27-31-11-5-6-12-34(31)28-49-43)51-46(52-45)33-22-24-38-36-14-8-10-16-40(36)48(3,4)42(38)26-33/h5-28H,1-4H3. The predicted octanol–water partition coefficient (Wildman–Crippen LogP) is 11.7. The second kappa shape index (κ2) is 11.1. The van der Waals surface area contributed by atoms with E-state index in [1.165, 1.54) is 49.9 Å². The number of pyridine rings is 1. The molecule has 0 spiro atoms. The van der Waals surface area contributed by atoms with Crippen LogP contribution in [0.25, 0.3) is 78.4 Å². The van der Waals surface area contributed by atoms with Gasteiger partial charge in [0.1, 0.15) is 0 Å². The van der Waals surface area contributed by atoms with Crippen LogP contribution in [0.4, 0.5) is 0 Å². The molecule has 0 unspecified atom stereocenters. The fraction of sp³-hybridized carbons (Fsp3) is 0.125. The minimum atomic E-state index is -0.131. The second-order valence-electron chi connectivity index (χ2n) is 15.2. The van der Waals surface area contributed by atoms with Gasteiger partial charge in [0.15, 0.2) is 17.5 Å². The second-order valence-corrected chi connectivity index (χ2v) is 15.2. The number of nitrogens with zero attached hydrogens (tertiary/aromatic N) is 4. The van der Waals surface area contributed by atoms with E-state index >= 15 is 0 Å². The van der Waals surface area contributed by atoms with Crippen molar-refractivity contribution in [3.8, 4) is 67.7 Å². The van der Waals surface area contributed by atoms with E-state index in [9.17, 15) is 0 Å². The molecule has 6 aromatic carbocycles. The van der Waals surface area contributed by atoms with Gasteiger partial charge in [0, 0.05) is 44.7 Å². The van der Waals surface area contributed by atoms with Crippen LogP contribution in [0.15, 0.2) is 146 Å². The molecular weight excluding hydrogens is 633 g/mol. The Hall–Kier alpha value is -6.26. The lowest BCUT2D eigenvalue weighted by Gasteiger charge is -2.22. The van der Waals surface area contributed by atoms with Crippen molar-refractivity contribution in [1.29, 1.82) is 0 Å². The summed E-state index contributed by atoms with van der Waals surface area (Å²) >= 11 is 0. The molecule has 52 heavy (non-hydrogen) atoms. The van der Waals surface area contributed by atoms with Crippen molar-refractivity contribution in [2.45, 2.75) is 38.5 Å². The molecule has 0 fully saturated rings. The first-order valence-electron chi connectivity index (χ1n) is 18.0. The normalized spacial score (nSPS) is 14.5. The first-order chi connectivity index (χ1) is 25.3. The Morgan fingerprint density at radius 1 is 0.365 bits per heavy atom. The highest BCUT2D eigenvalue weighted by Crippen LogP contribution is 2.51. The van der Waals surface area contributed by atoms with Gasteiger partial charge in [-0.15, -0.1) is 0 Å². The smallest absolute Gasteiger partial charge is 0.164 e. The van der Waals surface area contributed by atoms with Crippen LogP contribution in [0.2, 0.25) is 0 Å². The Morgan fingerprint density at radius 2 is 0.788 bits per heavy atom. The van der Waals surface area contributed by atoms with Gasteiger partial charge in [-0.05, 0) is 68.1 Å². The molecule has 2 heterocycles. The van der Waals surface area contributed by atoms with E-state index in [1.54, 1.807) is 0 Å². The molecule has 4 heteroatoms. The van der Waals surface area contributed by atoms with Crippen LogP contribution in [0.3, 0.4) is 0 Å². The van der Waals surface area contributed by atoms with E-state index in [1.807, 2.05) is 12.3 Å². The van der Waals surface area contributed by atoms with Crippen molar-refractivity contribution in [1.82, 2.24) is 19.9 Å². The van der Waals surface area contributed by atoms with Crippen LogP contribution in [0.5, 0.6) is 0 Å². The fourth-order valence-electron chi connectivity index (χ4n) is 8.48. The van der Waals surface area contributed by atoms with E-state index in [0.717, 1.165) is 33.3 Å². The Balaban J connectivity index is 1.11. The van der Waals surface area contributed by atoms with E-state index in [4.69, 9.17) is 19.9 Å². The first-order valence-corrected chi connectivity index (χ1v) is 18.0. The highest BCUT2D eigenvalue weighted by molar-refractivity contribution is 5.87. The molecule has 0 saturated heterocycles. The molecule has 0 saturated carbocycles. The quantitative estimate of drug-likeness (QED) is 0.187. The molecule has 248 valence electrons. The summed E-state index contributed by atoms with van der Waals surface area (Å²) in [6, 6.07) is 49.7. The van der Waals surface area contributed by atoms with Gasteiger partial charge in [-0.1, -0.05) is 149 Å². The Labute approximate surface area is 304 Å². The summed E-state index contributed by atoms with van der Waals surface area (Å²) in [6.07, 6.45) is 1.94. The van der Waals surface area contributed by atoms with Gasteiger partial charge < -0.3 is 0 Å². The van der Waals surface area contributed by atoms with Gasteiger partial charge in [-0.2, -0.15) is 0 Å². The molecule has 0 radical (unpaired) electrons. The van der Waals surface area contributed by atoms with Gasteiger partial charge in [-0.25, -0.2) is 15.0 Å². The summed E-state index contributed by atoms with van der Waals surface area (Å²) in [5.41, 5.74) is 15.0. The average molecular weight is 669 g/mol. The van der Waals surface area contributed by atoms with E-state index < -0.39 is 0 Å². The van der Waals surface area contributed by atoms with Crippen LogP contribution in [-0.4, -0.2) is 19.9 Å². The number of rotatable bonds is 4. The van der Waals surface area contributed by atoms with E-state index in [2.05, 4.69) is 161 Å². The first kappa shape index (κ1) is 30.6. The van der Waals surface area contributed by atoms with Crippen molar-refractivity contribution < 1.29 is 0 Å². The maximum atomic E-state index is 5.21. The van der Waals surface area contributed by atoms with Gasteiger partial charge in [-0.3, -0.25) is 4.98 Å². The molecule has 10 rings (SSSR count). The SMILES string of the molecule is CC1(C)c2ccccc2-c2ccc(-c3nc(-c4ccc(-c5cc6ccccc6cn5)cc4)nc(-c4ccc5c(c4)C(C)(C)c4ccccc4-5)n3)cc21. The highest BCUT2D eigenvalue weighted by Gasteiger charge is 2.37. The molecule has 0 aliphatic heterocycles. The summed E-state index contributed by atoms with van der Waals surface area (Å²) in [4.78, 5) is 20.3. The molecule has 2 aliphatic carbocycles. The van der Waals surface area contributed by atoms with Gasteiger partial charge in [0.25, 0.3) is 0 Å². The lowest BCUT2D eigenvalue weighted by atomic mass is 9.82. The van der Waals surface area contributed by atoms with Gasteiger partial charge in [0.2, 0.25) is 0 Å². The van der Waals surface area contributed by atoms with Crippen molar-refractivity contribution in [2.24, 2.45) is 0 Å². The summed E-state index contributed by atoms with van der Waals surface area (Å²) in [5.74, 6) is 1.97. The number of aromatic nitrogens is 4. The maximum Gasteiger partial charge on any atom is 0.164 e. The Kier molecular flexibility index (Phi) is 6.53. The summed E-state index contributed by atoms with van der Waals surface area (Å²) in [5, 5.41) is 2.30. The fourth-order valence-corrected chi connectivity index (χ4v) is 8.48. The predicted molar refractivity (Wildman–Crippen MR) is 212 cm³/mol. The minimum Gasteiger partial charge on any atom is -0.256 e. The molecule has 2 aliphatic rings. The highest BCUT2D eigenvalue weighted by atomic mass is 15.0. The largest absolute Gasteiger partial charge is 0.256 e. The molecule has 0 amide bonds. The van der Waals surface area contributed by atoms with Gasteiger partial charge >= 0.3 is 0 Å².